The van der Waals surface area contributed by atoms with E-state index in [9.17, 15) is 4.79 Å². The summed E-state index contributed by atoms with van der Waals surface area (Å²) in [6.07, 6.45) is 1.86. The van der Waals surface area contributed by atoms with Crippen molar-refractivity contribution in [2.24, 2.45) is 0 Å². The Labute approximate surface area is 93.2 Å². The quantitative estimate of drug-likeness (QED) is 0.737. The molecule has 1 heterocycles. The molecule has 0 atom stereocenters. The lowest BCUT2D eigenvalue weighted by molar-refractivity contribution is -0.120. The molecule has 0 saturated heterocycles. The van der Waals surface area contributed by atoms with E-state index in [0.29, 0.717) is 18.0 Å². The fourth-order valence-electron chi connectivity index (χ4n) is 1.62. The maximum Gasteiger partial charge on any atom is 0.278 e. The van der Waals surface area contributed by atoms with Crippen LogP contribution in [0.2, 0.25) is 0 Å². The van der Waals surface area contributed by atoms with E-state index in [4.69, 9.17) is 10.00 Å². The molecule has 16 heavy (non-hydrogen) atoms. The van der Waals surface area contributed by atoms with Gasteiger partial charge in [-0.2, -0.15) is 5.26 Å². The third kappa shape index (κ3) is 1.71. The van der Waals surface area contributed by atoms with Gasteiger partial charge in [0.05, 0.1) is 0 Å². The SMILES string of the molecule is CNCc1ccc2c(c1)N(C#N)C(=O)CO2. The molecule has 2 rings (SSSR count). The second-order valence-electron chi connectivity index (χ2n) is 3.45. The lowest BCUT2D eigenvalue weighted by Crippen LogP contribution is -2.35. The highest BCUT2D eigenvalue weighted by Crippen LogP contribution is 2.32. The number of nitrogens with zero attached hydrogens (tertiary/aromatic N) is 2. The standard InChI is InChI=1S/C11H11N3O2/c1-13-5-8-2-3-10-9(4-8)14(7-12)11(15)6-16-10/h2-4,13H,5-6H2,1H3. The van der Waals surface area contributed by atoms with Crippen molar-refractivity contribution in [3.63, 3.8) is 0 Å². The van der Waals surface area contributed by atoms with Crippen LogP contribution in [0.5, 0.6) is 5.75 Å². The van der Waals surface area contributed by atoms with Gasteiger partial charge in [0.15, 0.2) is 12.8 Å². The Hall–Kier alpha value is -2.06. The van der Waals surface area contributed by atoms with Crippen LogP contribution in [0.4, 0.5) is 5.69 Å². The number of fused-ring (bicyclic) bond motifs is 1. The minimum Gasteiger partial charge on any atom is -0.481 e. The first-order chi connectivity index (χ1) is 7.76. The van der Waals surface area contributed by atoms with E-state index in [-0.39, 0.29) is 12.5 Å². The first kappa shape index (κ1) is 10.5. The number of anilines is 1. The Bertz CT molecular complexity index is 465. The zero-order chi connectivity index (χ0) is 11.5. The van der Waals surface area contributed by atoms with Crippen LogP contribution in [0.1, 0.15) is 5.56 Å². The molecule has 0 radical (unpaired) electrons. The highest BCUT2D eigenvalue weighted by Gasteiger charge is 2.25. The van der Waals surface area contributed by atoms with Crippen LogP contribution in [0, 0.1) is 11.5 Å². The van der Waals surface area contributed by atoms with E-state index in [1.54, 1.807) is 12.1 Å². The van der Waals surface area contributed by atoms with Gasteiger partial charge in [0.2, 0.25) is 0 Å². The predicted octanol–water partition coefficient (Wildman–Crippen LogP) is 0.612. The van der Waals surface area contributed by atoms with Crippen molar-refractivity contribution in [2.45, 2.75) is 6.54 Å². The topological polar surface area (TPSA) is 65.4 Å². The zero-order valence-corrected chi connectivity index (χ0v) is 8.86. The summed E-state index contributed by atoms with van der Waals surface area (Å²) in [7, 11) is 1.84. The number of ether oxygens (including phenoxy) is 1. The summed E-state index contributed by atoms with van der Waals surface area (Å²) in [5, 5.41) is 11.9. The highest BCUT2D eigenvalue weighted by molar-refractivity contribution is 6.00. The molecule has 82 valence electrons. The summed E-state index contributed by atoms with van der Waals surface area (Å²) < 4.78 is 5.24. The summed E-state index contributed by atoms with van der Waals surface area (Å²) >= 11 is 0. The fraction of sp³-hybridized carbons (Fsp3) is 0.273. The number of nitriles is 1. The van der Waals surface area contributed by atoms with Crippen LogP contribution in [0.15, 0.2) is 18.2 Å². The summed E-state index contributed by atoms with van der Waals surface area (Å²) in [6.45, 7) is 0.604. The smallest absolute Gasteiger partial charge is 0.278 e. The molecule has 5 nitrogen and oxygen atoms in total. The first-order valence-electron chi connectivity index (χ1n) is 4.89. The molecule has 0 spiro atoms. The summed E-state index contributed by atoms with van der Waals surface area (Å²) in [4.78, 5) is 12.5. The Kier molecular flexibility index (Phi) is 2.75. The Morgan fingerprint density at radius 2 is 2.44 bits per heavy atom. The minimum atomic E-state index is -0.336. The average Bonchev–Trinajstić information content (AvgIpc) is 2.29. The van der Waals surface area contributed by atoms with Crippen molar-refractivity contribution in [1.29, 1.82) is 5.26 Å². The van der Waals surface area contributed by atoms with Crippen LogP contribution >= 0.6 is 0 Å². The van der Waals surface area contributed by atoms with E-state index >= 15 is 0 Å². The zero-order valence-electron chi connectivity index (χ0n) is 8.86. The van der Waals surface area contributed by atoms with E-state index in [1.165, 1.54) is 0 Å². The number of amides is 1. The van der Waals surface area contributed by atoms with Crippen molar-refractivity contribution < 1.29 is 9.53 Å². The van der Waals surface area contributed by atoms with E-state index < -0.39 is 0 Å². The number of hydrogen-bond acceptors (Lipinski definition) is 4. The van der Waals surface area contributed by atoms with Crippen LogP contribution in [-0.4, -0.2) is 19.6 Å². The summed E-state index contributed by atoms with van der Waals surface area (Å²) in [5.41, 5.74) is 1.52. The van der Waals surface area contributed by atoms with Crippen LogP contribution in [-0.2, 0) is 11.3 Å². The van der Waals surface area contributed by atoms with Gasteiger partial charge in [0.25, 0.3) is 5.91 Å². The van der Waals surface area contributed by atoms with Crippen LogP contribution < -0.4 is 15.0 Å². The molecule has 5 heteroatoms. The van der Waals surface area contributed by atoms with E-state index in [1.807, 2.05) is 19.3 Å². The van der Waals surface area contributed by atoms with Gasteiger partial charge < -0.3 is 10.1 Å². The molecule has 0 fully saturated rings. The highest BCUT2D eigenvalue weighted by atomic mass is 16.5. The van der Waals surface area contributed by atoms with E-state index in [0.717, 1.165) is 10.5 Å². The number of rotatable bonds is 2. The number of benzene rings is 1. The number of carbonyl (C=O) groups excluding carboxylic acids is 1. The van der Waals surface area contributed by atoms with Gasteiger partial charge in [-0.1, -0.05) is 6.07 Å². The maximum absolute atomic E-state index is 11.4. The fourth-order valence-corrected chi connectivity index (χ4v) is 1.62. The second kappa shape index (κ2) is 4.21. The van der Waals surface area contributed by atoms with Gasteiger partial charge in [-0.3, -0.25) is 4.79 Å². The van der Waals surface area contributed by atoms with Crippen molar-refractivity contribution in [2.75, 3.05) is 18.6 Å². The van der Waals surface area contributed by atoms with Crippen LogP contribution in [0.3, 0.4) is 0 Å². The number of hydrogen-bond donors (Lipinski definition) is 1. The van der Waals surface area contributed by atoms with Gasteiger partial charge in [0.1, 0.15) is 11.4 Å². The molecular weight excluding hydrogens is 206 g/mol. The maximum atomic E-state index is 11.4. The average molecular weight is 217 g/mol. The Balaban J connectivity index is 2.42. The molecule has 1 aliphatic heterocycles. The lowest BCUT2D eigenvalue weighted by Gasteiger charge is -2.23. The molecular formula is C11H11N3O2. The molecule has 1 aromatic carbocycles. The van der Waals surface area contributed by atoms with Crippen molar-refractivity contribution >= 4 is 11.6 Å². The summed E-state index contributed by atoms with van der Waals surface area (Å²) in [5.74, 6) is 0.234. The van der Waals surface area contributed by atoms with Crippen molar-refractivity contribution in [3.05, 3.63) is 23.8 Å². The molecule has 0 unspecified atom stereocenters. The number of carbonyl (C=O) groups is 1. The second-order valence-corrected chi connectivity index (χ2v) is 3.45. The van der Waals surface area contributed by atoms with Gasteiger partial charge in [-0.05, 0) is 24.7 Å². The van der Waals surface area contributed by atoms with Gasteiger partial charge in [-0.15, -0.1) is 0 Å². The van der Waals surface area contributed by atoms with Crippen molar-refractivity contribution in [3.8, 4) is 11.9 Å². The molecule has 0 saturated carbocycles. The Morgan fingerprint density at radius 3 is 3.12 bits per heavy atom. The molecule has 1 aromatic rings. The van der Waals surface area contributed by atoms with Gasteiger partial charge in [0, 0.05) is 6.54 Å². The Morgan fingerprint density at radius 1 is 1.62 bits per heavy atom. The van der Waals surface area contributed by atoms with E-state index in [2.05, 4.69) is 5.32 Å². The lowest BCUT2D eigenvalue weighted by atomic mass is 10.1. The molecule has 1 aliphatic rings. The molecule has 1 amide bonds. The molecule has 0 bridgehead atoms. The van der Waals surface area contributed by atoms with Gasteiger partial charge >= 0.3 is 0 Å². The molecule has 0 aliphatic carbocycles. The predicted molar refractivity (Wildman–Crippen MR) is 57.8 cm³/mol. The normalized spacial score (nSPS) is 14.0. The summed E-state index contributed by atoms with van der Waals surface area (Å²) in [6, 6.07) is 5.46. The largest absolute Gasteiger partial charge is 0.481 e. The monoisotopic (exact) mass is 217 g/mol. The molecule has 0 aromatic heterocycles. The third-order valence-corrected chi connectivity index (χ3v) is 2.35. The first-order valence-corrected chi connectivity index (χ1v) is 4.89. The molecule has 1 N–H and O–H groups in total. The number of nitrogens with one attached hydrogen (secondary N) is 1. The van der Waals surface area contributed by atoms with Crippen LogP contribution in [0.25, 0.3) is 0 Å². The van der Waals surface area contributed by atoms with Gasteiger partial charge in [-0.25, -0.2) is 4.90 Å². The minimum absolute atomic E-state index is 0.0774. The third-order valence-electron chi connectivity index (χ3n) is 2.35. The van der Waals surface area contributed by atoms with Crippen molar-refractivity contribution in [1.82, 2.24) is 5.32 Å².